The maximum atomic E-state index is 11.8. The topological polar surface area (TPSA) is 120 Å². The van der Waals surface area contributed by atoms with E-state index in [1.807, 2.05) is 0 Å². The zero-order chi connectivity index (χ0) is 19.8. The first-order valence-corrected chi connectivity index (χ1v) is 10.8. The van der Waals surface area contributed by atoms with Gasteiger partial charge in [0.2, 0.25) is 0 Å². The van der Waals surface area contributed by atoms with Crippen LogP contribution >= 0.6 is 21.6 Å². The van der Waals surface area contributed by atoms with Gasteiger partial charge in [0.05, 0.1) is 12.8 Å². The van der Waals surface area contributed by atoms with Crippen molar-refractivity contribution < 1.29 is 38.4 Å². The molecule has 27 heavy (non-hydrogen) atoms. The Labute approximate surface area is 163 Å². The summed E-state index contributed by atoms with van der Waals surface area (Å²) in [5.74, 6) is -1.69. The third kappa shape index (κ3) is 6.40. The molecule has 12 heteroatoms. The number of hydrogen-bond acceptors (Lipinski definition) is 10. The summed E-state index contributed by atoms with van der Waals surface area (Å²) in [6.07, 6.45) is 0.459. The second kappa shape index (κ2) is 10.5. The van der Waals surface area contributed by atoms with Crippen molar-refractivity contribution in [1.29, 1.82) is 0 Å². The van der Waals surface area contributed by atoms with Crippen molar-refractivity contribution in [3.05, 3.63) is 0 Å². The lowest BCUT2D eigenvalue weighted by atomic mass is 10.4. The van der Waals surface area contributed by atoms with Gasteiger partial charge in [0.15, 0.2) is 6.23 Å². The number of methoxy groups -OCH3 is 1. The second-order valence-electron chi connectivity index (χ2n) is 5.60. The fraction of sp³-hybridized carbons (Fsp3) is 0.667. The summed E-state index contributed by atoms with van der Waals surface area (Å²) in [5, 5.41) is 1.49. The Morgan fingerprint density at radius 2 is 1.48 bits per heavy atom. The van der Waals surface area contributed by atoms with Gasteiger partial charge in [-0.25, -0.2) is 9.59 Å². The van der Waals surface area contributed by atoms with E-state index in [2.05, 4.69) is 0 Å². The van der Waals surface area contributed by atoms with Crippen molar-refractivity contribution in [3.8, 4) is 0 Å². The molecule has 10 nitrogen and oxygen atoms in total. The summed E-state index contributed by atoms with van der Waals surface area (Å²) >= 11 is 0. The molecular weight excluding hydrogens is 400 g/mol. The Balaban J connectivity index is 1.53. The Morgan fingerprint density at radius 1 is 0.926 bits per heavy atom. The van der Waals surface area contributed by atoms with Gasteiger partial charge in [-0.05, 0) is 0 Å². The van der Waals surface area contributed by atoms with Crippen molar-refractivity contribution in [1.82, 2.24) is 10.1 Å². The number of imide groups is 1. The highest BCUT2D eigenvalue weighted by Crippen LogP contribution is 2.24. The van der Waals surface area contributed by atoms with Crippen LogP contribution in [0.1, 0.15) is 38.5 Å². The molecule has 1 unspecified atom stereocenters. The molecule has 150 valence electrons. The molecule has 0 spiro atoms. The minimum Gasteiger partial charge on any atom is -0.358 e. The highest BCUT2D eigenvalue weighted by atomic mass is 33.1. The van der Waals surface area contributed by atoms with E-state index in [1.165, 1.54) is 28.7 Å². The second-order valence-corrected chi connectivity index (χ2v) is 8.30. The molecule has 0 N–H and O–H groups in total. The van der Waals surface area contributed by atoms with Crippen LogP contribution in [0, 0.1) is 0 Å². The summed E-state index contributed by atoms with van der Waals surface area (Å²) in [5.41, 5.74) is 0. The molecule has 2 heterocycles. The maximum absolute atomic E-state index is 11.8. The number of amides is 3. The molecular formula is C15H20N2O8S2. The number of nitrogens with zero attached hydrogens (tertiary/aromatic N) is 2. The Bertz CT molecular complexity index is 599. The van der Waals surface area contributed by atoms with E-state index in [9.17, 15) is 24.0 Å². The van der Waals surface area contributed by atoms with Gasteiger partial charge in [-0.2, -0.15) is 0 Å². The molecule has 0 aliphatic carbocycles. The van der Waals surface area contributed by atoms with E-state index in [4.69, 9.17) is 14.4 Å². The normalized spacial score (nSPS) is 19.7. The molecule has 1 atom stereocenters. The van der Waals surface area contributed by atoms with E-state index >= 15 is 0 Å². The average molecular weight is 420 g/mol. The van der Waals surface area contributed by atoms with Crippen LogP contribution in [0.15, 0.2) is 0 Å². The summed E-state index contributed by atoms with van der Waals surface area (Å²) in [4.78, 5) is 67.4. The number of hydroxylamine groups is 4. The first-order valence-electron chi connectivity index (χ1n) is 8.29. The van der Waals surface area contributed by atoms with Gasteiger partial charge in [-0.15, -0.1) is 10.1 Å². The average Bonchev–Trinajstić information content (AvgIpc) is 3.14. The Morgan fingerprint density at radius 3 is 2.04 bits per heavy atom. The Hall–Kier alpha value is -1.79. The van der Waals surface area contributed by atoms with Crippen molar-refractivity contribution in [3.63, 3.8) is 0 Å². The fourth-order valence-corrected chi connectivity index (χ4v) is 4.23. The summed E-state index contributed by atoms with van der Waals surface area (Å²) in [7, 11) is 4.15. The van der Waals surface area contributed by atoms with E-state index in [-0.39, 0.29) is 38.0 Å². The van der Waals surface area contributed by atoms with Crippen LogP contribution in [-0.2, 0) is 38.4 Å². The van der Waals surface area contributed by atoms with Gasteiger partial charge < -0.3 is 14.4 Å². The third-order valence-corrected chi connectivity index (χ3v) is 6.05. The quantitative estimate of drug-likeness (QED) is 0.285. The largest absolute Gasteiger partial charge is 0.358 e. The zero-order valence-electron chi connectivity index (χ0n) is 14.7. The van der Waals surface area contributed by atoms with E-state index in [1.54, 1.807) is 0 Å². The van der Waals surface area contributed by atoms with Crippen LogP contribution in [0.3, 0.4) is 0 Å². The zero-order valence-corrected chi connectivity index (χ0v) is 16.3. The number of ether oxygens (including phenoxy) is 1. The van der Waals surface area contributed by atoms with Crippen LogP contribution in [-0.4, -0.2) is 64.6 Å². The van der Waals surface area contributed by atoms with E-state index < -0.39 is 30.0 Å². The summed E-state index contributed by atoms with van der Waals surface area (Å²) in [6, 6.07) is 0. The van der Waals surface area contributed by atoms with Gasteiger partial charge in [-0.1, -0.05) is 21.6 Å². The highest BCUT2D eigenvalue weighted by Gasteiger charge is 2.34. The standard InChI is InChI=1S/C15H20N2O8S2/c1-23-13-5-4-12(20)17(13)25-15(22)7-9-27-26-8-6-14(21)24-16-10(18)2-3-11(16)19/h13H,2-9H2,1H3. The number of carbonyl (C=O) groups is 5. The number of rotatable bonds is 10. The van der Waals surface area contributed by atoms with Crippen LogP contribution in [0.5, 0.6) is 0 Å². The van der Waals surface area contributed by atoms with Crippen LogP contribution in [0.2, 0.25) is 0 Å². The molecule has 0 aromatic heterocycles. The first kappa shape index (κ1) is 21.5. The van der Waals surface area contributed by atoms with Gasteiger partial charge >= 0.3 is 11.9 Å². The molecule has 0 aromatic carbocycles. The van der Waals surface area contributed by atoms with Crippen molar-refractivity contribution in [2.45, 2.75) is 44.8 Å². The number of hydrogen-bond donors (Lipinski definition) is 0. The van der Waals surface area contributed by atoms with Crippen molar-refractivity contribution >= 4 is 51.2 Å². The minimum absolute atomic E-state index is 0.0248. The third-order valence-electron chi connectivity index (χ3n) is 3.65. The Kier molecular flexibility index (Phi) is 8.38. The lowest BCUT2D eigenvalue weighted by Crippen LogP contribution is -2.36. The predicted octanol–water partition coefficient (Wildman–Crippen LogP) is 0.808. The summed E-state index contributed by atoms with van der Waals surface area (Å²) < 4.78 is 5.07. The van der Waals surface area contributed by atoms with Gasteiger partial charge in [0.1, 0.15) is 0 Å². The van der Waals surface area contributed by atoms with Gasteiger partial charge in [-0.3, -0.25) is 14.4 Å². The molecule has 2 fully saturated rings. The molecule has 0 radical (unpaired) electrons. The van der Waals surface area contributed by atoms with Crippen LogP contribution in [0.4, 0.5) is 0 Å². The maximum Gasteiger partial charge on any atom is 0.334 e. The molecule has 2 rings (SSSR count). The lowest BCUT2D eigenvalue weighted by molar-refractivity contribution is -0.224. The molecule has 2 aliphatic rings. The smallest absolute Gasteiger partial charge is 0.334 e. The van der Waals surface area contributed by atoms with Gasteiger partial charge in [0.25, 0.3) is 17.7 Å². The number of carbonyl (C=O) groups excluding carboxylic acids is 5. The molecule has 3 amide bonds. The minimum atomic E-state index is -0.663. The molecule has 2 aliphatic heterocycles. The molecule has 0 bridgehead atoms. The van der Waals surface area contributed by atoms with E-state index in [0.29, 0.717) is 23.0 Å². The van der Waals surface area contributed by atoms with Crippen molar-refractivity contribution in [2.24, 2.45) is 0 Å². The predicted molar refractivity (Wildman–Crippen MR) is 94.3 cm³/mol. The highest BCUT2D eigenvalue weighted by molar-refractivity contribution is 8.76. The lowest BCUT2D eigenvalue weighted by Gasteiger charge is -2.21. The first-order chi connectivity index (χ1) is 12.9. The summed E-state index contributed by atoms with van der Waals surface area (Å²) in [6.45, 7) is 0. The van der Waals surface area contributed by atoms with Crippen molar-refractivity contribution in [2.75, 3.05) is 18.6 Å². The van der Waals surface area contributed by atoms with Crippen LogP contribution < -0.4 is 0 Å². The molecule has 0 aromatic rings. The SMILES string of the molecule is COC1CCC(=O)N1OC(=O)CCSSCCC(=O)ON1C(=O)CCC1=O. The monoisotopic (exact) mass is 420 g/mol. The van der Waals surface area contributed by atoms with Crippen LogP contribution in [0.25, 0.3) is 0 Å². The molecule has 0 saturated carbocycles. The molecule has 2 saturated heterocycles. The van der Waals surface area contributed by atoms with E-state index in [0.717, 1.165) is 5.06 Å². The fourth-order valence-electron chi connectivity index (χ4n) is 2.29. The van der Waals surface area contributed by atoms with Gasteiger partial charge in [0, 0.05) is 44.3 Å².